The van der Waals surface area contributed by atoms with Gasteiger partial charge >= 0.3 is 12.2 Å². The lowest BCUT2D eigenvalue weighted by Gasteiger charge is -2.50. The molecule has 0 bridgehead atoms. The first-order chi connectivity index (χ1) is 17.1. The topological polar surface area (TPSA) is 81.6 Å². The Labute approximate surface area is 208 Å². The van der Waals surface area contributed by atoms with E-state index in [2.05, 4.69) is 34.3 Å². The van der Waals surface area contributed by atoms with Gasteiger partial charge in [-0.15, -0.1) is 0 Å². The third-order valence-electron chi connectivity index (χ3n) is 8.30. The highest BCUT2D eigenvalue weighted by atomic mass is 19.4. The van der Waals surface area contributed by atoms with Crippen LogP contribution in [0.4, 0.5) is 23.7 Å². The van der Waals surface area contributed by atoms with E-state index in [-0.39, 0.29) is 23.8 Å². The zero-order valence-corrected chi connectivity index (χ0v) is 20.4. The highest BCUT2D eigenvalue weighted by Crippen LogP contribution is 2.49. The van der Waals surface area contributed by atoms with Crippen LogP contribution in [-0.4, -0.2) is 56.8 Å². The predicted octanol–water partition coefficient (Wildman–Crippen LogP) is 4.47. The highest BCUT2D eigenvalue weighted by Gasteiger charge is 2.56. The maximum absolute atomic E-state index is 13.7. The number of aromatic nitrogens is 2. The van der Waals surface area contributed by atoms with Crippen molar-refractivity contribution in [2.75, 3.05) is 24.5 Å². The van der Waals surface area contributed by atoms with Gasteiger partial charge in [0.05, 0.1) is 42.3 Å². The van der Waals surface area contributed by atoms with Gasteiger partial charge in [0.25, 0.3) is 0 Å². The van der Waals surface area contributed by atoms with Crippen LogP contribution < -0.4 is 10.2 Å². The van der Waals surface area contributed by atoms with Gasteiger partial charge in [-0.2, -0.15) is 13.2 Å². The van der Waals surface area contributed by atoms with Gasteiger partial charge in [-0.1, -0.05) is 37.3 Å². The summed E-state index contributed by atoms with van der Waals surface area (Å²) in [7, 11) is 0. The van der Waals surface area contributed by atoms with E-state index in [0.717, 1.165) is 38.2 Å². The normalized spacial score (nSPS) is 28.0. The summed E-state index contributed by atoms with van der Waals surface area (Å²) in [4.78, 5) is 23.9. The van der Waals surface area contributed by atoms with Crippen LogP contribution >= 0.6 is 0 Å². The number of urea groups is 1. The number of nitrogens with zero attached hydrogens (tertiary/aromatic N) is 4. The van der Waals surface area contributed by atoms with Gasteiger partial charge in [0.2, 0.25) is 5.82 Å². The van der Waals surface area contributed by atoms with Crippen molar-refractivity contribution in [1.29, 1.82) is 0 Å². The first-order valence-electron chi connectivity index (χ1n) is 12.6. The van der Waals surface area contributed by atoms with Crippen molar-refractivity contribution < 1.29 is 23.1 Å². The van der Waals surface area contributed by atoms with Gasteiger partial charge in [-0.05, 0) is 57.1 Å². The minimum absolute atomic E-state index is 0.214. The van der Waals surface area contributed by atoms with Crippen LogP contribution in [0.5, 0.6) is 0 Å². The molecule has 36 heavy (non-hydrogen) atoms. The van der Waals surface area contributed by atoms with Crippen LogP contribution in [0.3, 0.4) is 0 Å². The van der Waals surface area contributed by atoms with Gasteiger partial charge in [0.15, 0.2) is 0 Å². The standard InChI is InChI=1S/C26H32F3N5O2/c1-2-32-25(19-7-4-3-5-8-19)13-11-23(12-14-25)17-33(20-15-30-21(31-16-20)26(27,28)29)22(35)34(23)18-24(36)9-6-10-24/h3-5,7-8,15-16,32,36H,2,6,9-14,17-18H2,1H3/t23-,25+. The lowest BCUT2D eigenvalue weighted by Crippen LogP contribution is -2.59. The quantitative estimate of drug-likeness (QED) is 0.608. The summed E-state index contributed by atoms with van der Waals surface area (Å²) in [6.07, 6.45) is 2.68. The summed E-state index contributed by atoms with van der Waals surface area (Å²) in [5.41, 5.74) is -0.205. The van der Waals surface area contributed by atoms with E-state index in [1.54, 1.807) is 4.90 Å². The van der Waals surface area contributed by atoms with E-state index in [4.69, 9.17) is 0 Å². The third-order valence-corrected chi connectivity index (χ3v) is 8.30. The second-order valence-electron chi connectivity index (χ2n) is 10.5. The molecule has 3 fully saturated rings. The maximum Gasteiger partial charge on any atom is 0.451 e. The lowest BCUT2D eigenvalue weighted by atomic mass is 9.68. The Balaban J connectivity index is 1.44. The summed E-state index contributed by atoms with van der Waals surface area (Å²) >= 11 is 0. The van der Waals surface area contributed by atoms with Crippen molar-refractivity contribution in [2.24, 2.45) is 0 Å². The molecule has 5 rings (SSSR count). The number of hydrogen-bond donors (Lipinski definition) is 2. The second kappa shape index (κ2) is 8.99. The Hall–Kier alpha value is -2.72. The Kier molecular flexibility index (Phi) is 6.23. The molecule has 2 heterocycles. The summed E-state index contributed by atoms with van der Waals surface area (Å²) in [6.45, 7) is 3.44. The fourth-order valence-electron chi connectivity index (χ4n) is 6.11. The van der Waals surface area contributed by atoms with Crippen molar-refractivity contribution in [3.05, 3.63) is 54.1 Å². The molecule has 2 saturated carbocycles. The average molecular weight is 504 g/mol. The highest BCUT2D eigenvalue weighted by molar-refractivity contribution is 5.95. The van der Waals surface area contributed by atoms with E-state index in [9.17, 15) is 23.1 Å². The van der Waals surface area contributed by atoms with Crippen molar-refractivity contribution in [3.8, 4) is 0 Å². The molecule has 3 aliphatic rings. The molecular weight excluding hydrogens is 471 g/mol. The van der Waals surface area contributed by atoms with Crippen LogP contribution in [0.15, 0.2) is 42.7 Å². The second-order valence-corrected chi connectivity index (χ2v) is 10.5. The largest absolute Gasteiger partial charge is 0.451 e. The smallest absolute Gasteiger partial charge is 0.388 e. The zero-order chi connectivity index (χ0) is 25.6. The molecule has 1 aromatic heterocycles. The lowest BCUT2D eigenvalue weighted by molar-refractivity contribution is -0.144. The molecule has 0 atom stereocenters. The number of alkyl halides is 3. The van der Waals surface area contributed by atoms with Crippen molar-refractivity contribution >= 4 is 11.7 Å². The van der Waals surface area contributed by atoms with Gasteiger partial charge in [0, 0.05) is 5.54 Å². The number of hydrogen-bond acceptors (Lipinski definition) is 5. The van der Waals surface area contributed by atoms with E-state index < -0.39 is 23.1 Å². The molecule has 10 heteroatoms. The first-order valence-corrected chi connectivity index (χ1v) is 12.6. The Morgan fingerprint density at radius 3 is 2.19 bits per heavy atom. The van der Waals surface area contributed by atoms with Gasteiger partial charge in [-0.3, -0.25) is 4.90 Å². The number of β-amino-alcohol motifs (C(OH)–C–C–N with tert-alkyl or cyclic N) is 1. The van der Waals surface area contributed by atoms with E-state index in [0.29, 0.717) is 32.2 Å². The van der Waals surface area contributed by atoms with Crippen LogP contribution in [-0.2, 0) is 11.7 Å². The number of nitrogens with one attached hydrogen (secondary N) is 1. The molecule has 1 aliphatic heterocycles. The number of carbonyl (C=O) groups is 1. The van der Waals surface area contributed by atoms with Gasteiger partial charge < -0.3 is 15.3 Å². The summed E-state index contributed by atoms with van der Waals surface area (Å²) in [6, 6.07) is 10.00. The Morgan fingerprint density at radius 2 is 1.67 bits per heavy atom. The molecule has 1 aromatic carbocycles. The maximum atomic E-state index is 13.7. The molecule has 0 unspecified atom stereocenters. The molecule has 1 spiro atoms. The minimum Gasteiger partial charge on any atom is -0.388 e. The average Bonchev–Trinajstić information content (AvgIpc) is 3.11. The van der Waals surface area contributed by atoms with Gasteiger partial charge in [-0.25, -0.2) is 14.8 Å². The number of aliphatic hydroxyl groups is 1. The van der Waals surface area contributed by atoms with Crippen LogP contribution in [0.1, 0.15) is 63.3 Å². The molecule has 7 nitrogen and oxygen atoms in total. The minimum atomic E-state index is -4.65. The number of benzene rings is 1. The van der Waals surface area contributed by atoms with Crippen LogP contribution in [0, 0.1) is 0 Å². The Morgan fingerprint density at radius 1 is 1.03 bits per heavy atom. The number of rotatable bonds is 6. The molecule has 2 amide bonds. The van der Waals surface area contributed by atoms with Crippen molar-refractivity contribution in [3.63, 3.8) is 0 Å². The molecule has 2 N–H and O–H groups in total. The number of halogens is 3. The van der Waals surface area contributed by atoms with Crippen LogP contribution in [0.2, 0.25) is 0 Å². The SMILES string of the molecule is CCN[C@]1(c2ccccc2)CC[C@]2(CC1)CN(c1cnc(C(F)(F)F)nc1)C(=O)N2CC1(O)CCC1. The summed E-state index contributed by atoms with van der Waals surface area (Å²) in [5.74, 6) is -1.23. The zero-order valence-electron chi connectivity index (χ0n) is 20.4. The number of carbonyl (C=O) groups excluding carboxylic acids is 1. The molecule has 0 radical (unpaired) electrons. The summed E-state index contributed by atoms with van der Waals surface area (Å²) < 4.78 is 38.9. The van der Waals surface area contributed by atoms with E-state index in [1.807, 2.05) is 18.2 Å². The fraction of sp³-hybridized carbons (Fsp3) is 0.577. The summed E-state index contributed by atoms with van der Waals surface area (Å²) in [5, 5.41) is 14.7. The first kappa shape index (κ1) is 25.0. The van der Waals surface area contributed by atoms with E-state index in [1.165, 1.54) is 10.5 Å². The number of amides is 2. The number of anilines is 1. The van der Waals surface area contributed by atoms with Crippen molar-refractivity contribution in [2.45, 2.75) is 74.7 Å². The molecule has 1 saturated heterocycles. The monoisotopic (exact) mass is 503 g/mol. The fourth-order valence-corrected chi connectivity index (χ4v) is 6.11. The molecular formula is C26H32F3N5O2. The van der Waals surface area contributed by atoms with E-state index >= 15 is 0 Å². The molecule has 2 aromatic rings. The third kappa shape index (κ3) is 4.34. The van der Waals surface area contributed by atoms with Gasteiger partial charge in [0.1, 0.15) is 0 Å². The molecule has 194 valence electrons. The molecule has 2 aliphatic carbocycles. The Bertz CT molecular complexity index is 1080. The van der Waals surface area contributed by atoms with Crippen molar-refractivity contribution in [1.82, 2.24) is 20.2 Å². The van der Waals surface area contributed by atoms with Crippen LogP contribution in [0.25, 0.3) is 0 Å². The predicted molar refractivity (Wildman–Crippen MR) is 128 cm³/mol.